The summed E-state index contributed by atoms with van der Waals surface area (Å²) in [7, 11) is 0. The van der Waals surface area contributed by atoms with Gasteiger partial charge in [-0.1, -0.05) is 11.6 Å². The Labute approximate surface area is 117 Å². The summed E-state index contributed by atoms with van der Waals surface area (Å²) in [6, 6.07) is 0. The lowest BCUT2D eigenvalue weighted by Gasteiger charge is -2.30. The van der Waals surface area contributed by atoms with Crippen molar-refractivity contribution in [1.29, 1.82) is 0 Å². The van der Waals surface area contributed by atoms with Crippen LogP contribution in [0.15, 0.2) is 0 Å². The SMILES string of the molecule is NCC(O)c1c2c(c(Cl)c3c1OCCC3)OCCC2. The van der Waals surface area contributed by atoms with Crippen LogP contribution in [0.2, 0.25) is 5.02 Å². The first-order valence-electron chi connectivity index (χ1n) is 6.75. The molecular weight excluding hydrogens is 266 g/mol. The Bertz CT molecular complexity index is 467. The molecule has 0 aliphatic carbocycles. The third kappa shape index (κ3) is 2.08. The number of benzene rings is 1. The second-order valence-corrected chi connectivity index (χ2v) is 5.38. The highest BCUT2D eigenvalue weighted by Gasteiger charge is 2.31. The molecule has 0 spiro atoms. The van der Waals surface area contributed by atoms with Crippen LogP contribution in [0, 0.1) is 0 Å². The summed E-state index contributed by atoms with van der Waals surface area (Å²) < 4.78 is 11.5. The molecule has 3 rings (SSSR count). The number of hydrogen-bond acceptors (Lipinski definition) is 4. The minimum absolute atomic E-state index is 0.171. The molecule has 2 aliphatic rings. The van der Waals surface area contributed by atoms with E-state index in [4.69, 9.17) is 26.8 Å². The first-order valence-corrected chi connectivity index (χ1v) is 7.12. The molecule has 5 heteroatoms. The Hall–Kier alpha value is -0.970. The van der Waals surface area contributed by atoms with Crippen molar-refractivity contribution in [3.8, 4) is 11.5 Å². The molecule has 0 amide bonds. The van der Waals surface area contributed by atoms with E-state index in [9.17, 15) is 5.11 Å². The zero-order valence-corrected chi connectivity index (χ0v) is 11.5. The van der Waals surface area contributed by atoms with Gasteiger partial charge in [-0.15, -0.1) is 0 Å². The molecule has 0 saturated heterocycles. The topological polar surface area (TPSA) is 64.7 Å². The predicted molar refractivity (Wildman–Crippen MR) is 73.1 cm³/mol. The molecule has 0 bridgehead atoms. The van der Waals surface area contributed by atoms with Crippen molar-refractivity contribution in [3.63, 3.8) is 0 Å². The van der Waals surface area contributed by atoms with Crippen LogP contribution in [0.4, 0.5) is 0 Å². The summed E-state index contributed by atoms with van der Waals surface area (Å²) in [5.74, 6) is 1.46. The van der Waals surface area contributed by atoms with Crippen LogP contribution >= 0.6 is 11.6 Å². The summed E-state index contributed by atoms with van der Waals surface area (Å²) in [5.41, 5.74) is 8.34. The van der Waals surface area contributed by atoms with Crippen molar-refractivity contribution in [1.82, 2.24) is 0 Å². The van der Waals surface area contributed by atoms with E-state index in [-0.39, 0.29) is 6.54 Å². The smallest absolute Gasteiger partial charge is 0.141 e. The van der Waals surface area contributed by atoms with Crippen molar-refractivity contribution < 1.29 is 14.6 Å². The molecule has 1 atom stereocenters. The molecule has 0 radical (unpaired) electrons. The number of halogens is 1. The normalized spacial score (nSPS) is 18.9. The second kappa shape index (κ2) is 5.19. The van der Waals surface area contributed by atoms with E-state index in [1.807, 2.05) is 0 Å². The minimum atomic E-state index is -0.723. The monoisotopic (exact) mass is 283 g/mol. The van der Waals surface area contributed by atoms with Crippen LogP contribution < -0.4 is 15.2 Å². The van der Waals surface area contributed by atoms with Crippen molar-refractivity contribution >= 4 is 11.6 Å². The van der Waals surface area contributed by atoms with Gasteiger partial charge >= 0.3 is 0 Å². The van der Waals surface area contributed by atoms with Crippen LogP contribution in [0.1, 0.15) is 35.6 Å². The fourth-order valence-electron chi connectivity index (χ4n) is 2.89. The molecule has 4 nitrogen and oxygen atoms in total. The number of hydrogen-bond donors (Lipinski definition) is 2. The average Bonchev–Trinajstić information content (AvgIpc) is 2.47. The lowest BCUT2D eigenvalue weighted by Crippen LogP contribution is -2.22. The highest BCUT2D eigenvalue weighted by atomic mass is 35.5. The molecule has 2 aliphatic heterocycles. The second-order valence-electron chi connectivity index (χ2n) is 5.00. The van der Waals surface area contributed by atoms with Gasteiger partial charge in [0.2, 0.25) is 0 Å². The third-order valence-electron chi connectivity index (χ3n) is 3.77. The van der Waals surface area contributed by atoms with Gasteiger partial charge < -0.3 is 20.3 Å². The number of fused-ring (bicyclic) bond motifs is 2. The fourth-order valence-corrected chi connectivity index (χ4v) is 3.24. The van der Waals surface area contributed by atoms with E-state index in [0.29, 0.717) is 18.2 Å². The van der Waals surface area contributed by atoms with Crippen LogP contribution in [0.3, 0.4) is 0 Å². The highest BCUT2D eigenvalue weighted by molar-refractivity contribution is 6.33. The lowest BCUT2D eigenvalue weighted by molar-refractivity contribution is 0.173. The maximum atomic E-state index is 10.2. The average molecular weight is 284 g/mol. The lowest BCUT2D eigenvalue weighted by atomic mass is 9.90. The van der Waals surface area contributed by atoms with Crippen molar-refractivity contribution in [2.45, 2.75) is 31.8 Å². The zero-order chi connectivity index (χ0) is 13.4. The maximum Gasteiger partial charge on any atom is 0.141 e. The van der Waals surface area contributed by atoms with E-state index in [0.717, 1.165) is 53.9 Å². The Morgan fingerprint density at radius 2 is 1.74 bits per heavy atom. The summed E-state index contributed by atoms with van der Waals surface area (Å²) >= 11 is 6.45. The quantitative estimate of drug-likeness (QED) is 0.871. The van der Waals surface area contributed by atoms with Gasteiger partial charge in [-0.2, -0.15) is 0 Å². The minimum Gasteiger partial charge on any atom is -0.493 e. The zero-order valence-electron chi connectivity index (χ0n) is 10.7. The van der Waals surface area contributed by atoms with Gasteiger partial charge in [0.1, 0.15) is 11.5 Å². The summed E-state index contributed by atoms with van der Waals surface area (Å²) in [5, 5.41) is 10.9. The molecule has 0 aromatic heterocycles. The first kappa shape index (κ1) is 13.0. The molecule has 0 fully saturated rings. The van der Waals surface area contributed by atoms with Crippen molar-refractivity contribution in [2.24, 2.45) is 5.73 Å². The number of nitrogens with two attached hydrogens (primary N) is 1. The van der Waals surface area contributed by atoms with Crippen LogP contribution in [-0.4, -0.2) is 24.9 Å². The number of ether oxygens (including phenoxy) is 2. The molecule has 2 heterocycles. The molecule has 0 saturated carbocycles. The van der Waals surface area contributed by atoms with E-state index in [1.54, 1.807) is 0 Å². The Morgan fingerprint density at radius 1 is 1.11 bits per heavy atom. The molecule has 19 heavy (non-hydrogen) atoms. The highest BCUT2D eigenvalue weighted by Crippen LogP contribution is 2.47. The summed E-state index contributed by atoms with van der Waals surface area (Å²) in [6.07, 6.45) is 2.84. The molecule has 1 aromatic rings. The van der Waals surface area contributed by atoms with Crippen LogP contribution in [0.25, 0.3) is 0 Å². The Balaban J connectivity index is 2.25. The van der Waals surface area contributed by atoms with Gasteiger partial charge in [0.15, 0.2) is 0 Å². The fraction of sp³-hybridized carbons (Fsp3) is 0.571. The van der Waals surface area contributed by atoms with Crippen molar-refractivity contribution in [3.05, 3.63) is 21.7 Å². The summed E-state index contributed by atoms with van der Waals surface area (Å²) in [6.45, 7) is 1.50. The van der Waals surface area contributed by atoms with Crippen molar-refractivity contribution in [2.75, 3.05) is 19.8 Å². The van der Waals surface area contributed by atoms with Gasteiger partial charge in [0, 0.05) is 23.2 Å². The number of rotatable bonds is 2. The number of aliphatic hydroxyl groups excluding tert-OH is 1. The van der Waals surface area contributed by atoms with E-state index >= 15 is 0 Å². The van der Waals surface area contributed by atoms with Gasteiger partial charge in [-0.3, -0.25) is 0 Å². The molecule has 1 unspecified atom stereocenters. The van der Waals surface area contributed by atoms with Gasteiger partial charge in [-0.05, 0) is 25.7 Å². The molecule has 1 aromatic carbocycles. The number of aliphatic hydroxyl groups is 1. The van der Waals surface area contributed by atoms with Gasteiger partial charge in [-0.25, -0.2) is 0 Å². The van der Waals surface area contributed by atoms with Gasteiger partial charge in [0.25, 0.3) is 0 Å². The maximum absolute atomic E-state index is 10.2. The third-order valence-corrected chi connectivity index (χ3v) is 4.17. The molecular formula is C14H18ClNO3. The molecule has 104 valence electrons. The van der Waals surface area contributed by atoms with Crippen LogP contribution in [0.5, 0.6) is 11.5 Å². The van der Waals surface area contributed by atoms with Gasteiger partial charge in [0.05, 0.1) is 24.3 Å². The largest absolute Gasteiger partial charge is 0.493 e. The van der Waals surface area contributed by atoms with E-state index in [1.165, 1.54) is 0 Å². The standard InChI is InChI=1S/C14H18ClNO3/c15-12-9-4-2-5-18-13(9)11(10(17)7-16)8-3-1-6-19-14(8)12/h10,17H,1-7,16H2. The Kier molecular flexibility index (Phi) is 3.56. The Morgan fingerprint density at radius 3 is 2.42 bits per heavy atom. The predicted octanol–water partition coefficient (Wildman–Crippen LogP) is 1.98. The van der Waals surface area contributed by atoms with Crippen LogP contribution in [-0.2, 0) is 12.8 Å². The summed E-state index contributed by atoms with van der Waals surface area (Å²) in [4.78, 5) is 0. The van der Waals surface area contributed by atoms with E-state index in [2.05, 4.69) is 0 Å². The van der Waals surface area contributed by atoms with E-state index < -0.39 is 6.10 Å². The first-order chi connectivity index (χ1) is 9.24. The molecule has 3 N–H and O–H groups in total.